The molecule has 2 rings (SSSR count). The molecule has 0 heterocycles. The van der Waals surface area contributed by atoms with E-state index < -0.39 is 0 Å². The van der Waals surface area contributed by atoms with Gasteiger partial charge < -0.3 is 0 Å². The summed E-state index contributed by atoms with van der Waals surface area (Å²) >= 11 is 19.5. The van der Waals surface area contributed by atoms with E-state index in [1.54, 1.807) is 12.1 Å². The fourth-order valence-corrected chi connectivity index (χ4v) is 3.72. The number of rotatable bonds is 3. The average molecular weight is 441 g/mol. The molecule has 0 amide bonds. The quantitative estimate of drug-likeness (QED) is 0.458. The lowest BCUT2D eigenvalue weighted by Crippen LogP contribution is -2.01. The van der Waals surface area contributed by atoms with Crippen LogP contribution in [0.15, 0.2) is 39.3 Å². The van der Waals surface area contributed by atoms with E-state index in [4.69, 9.17) is 23.2 Å². The first-order valence-electron chi connectivity index (χ1n) is 5.92. The Morgan fingerprint density at radius 3 is 2.55 bits per heavy atom. The molecule has 0 nitrogen and oxygen atoms in total. The maximum atomic E-state index is 13.8. The van der Waals surface area contributed by atoms with Gasteiger partial charge in [-0.2, -0.15) is 0 Å². The Morgan fingerprint density at radius 1 is 1.20 bits per heavy atom. The number of halogens is 5. The van der Waals surface area contributed by atoms with Crippen molar-refractivity contribution < 1.29 is 4.39 Å². The molecule has 0 aliphatic heterocycles. The Hall–Kier alpha value is -0.0900. The van der Waals surface area contributed by atoms with E-state index in [0.29, 0.717) is 17.0 Å². The third-order valence-corrected chi connectivity index (χ3v) is 5.35. The molecule has 0 aromatic heterocycles. The highest BCUT2D eigenvalue weighted by molar-refractivity contribution is 9.11. The summed E-state index contributed by atoms with van der Waals surface area (Å²) in [5, 5.41) is 0.0358. The summed E-state index contributed by atoms with van der Waals surface area (Å²) in [6.07, 6.45) is 0.334. The first kappa shape index (κ1) is 16.3. The molecule has 0 N–H and O–H groups in total. The molecule has 2 aromatic rings. The summed E-state index contributed by atoms with van der Waals surface area (Å²) in [6, 6.07) is 8.58. The second-order valence-corrected chi connectivity index (χ2v) is 7.14. The van der Waals surface area contributed by atoms with Crippen LogP contribution in [0.5, 0.6) is 0 Å². The van der Waals surface area contributed by atoms with Crippen LogP contribution < -0.4 is 0 Å². The highest BCUT2D eigenvalue weighted by atomic mass is 79.9. The maximum absolute atomic E-state index is 13.8. The molecule has 0 aliphatic rings. The zero-order valence-electron chi connectivity index (χ0n) is 10.6. The fraction of sp³-hybridized carbons (Fsp3) is 0.200. The van der Waals surface area contributed by atoms with Gasteiger partial charge in [-0.05, 0) is 48.7 Å². The van der Waals surface area contributed by atoms with Gasteiger partial charge in [0.2, 0.25) is 0 Å². The minimum atomic E-state index is -0.365. The first-order chi connectivity index (χ1) is 9.40. The van der Waals surface area contributed by atoms with Crippen molar-refractivity contribution in [3.8, 4) is 0 Å². The van der Waals surface area contributed by atoms with Crippen molar-refractivity contribution >= 4 is 55.1 Å². The lowest BCUT2D eigenvalue weighted by molar-refractivity contribution is 0.607. The molecule has 0 saturated carbocycles. The zero-order valence-corrected chi connectivity index (χ0v) is 15.2. The van der Waals surface area contributed by atoms with E-state index >= 15 is 0 Å². The second kappa shape index (κ2) is 6.78. The van der Waals surface area contributed by atoms with Gasteiger partial charge in [-0.3, -0.25) is 0 Å². The smallest absolute Gasteiger partial charge is 0.127 e. The summed E-state index contributed by atoms with van der Waals surface area (Å²) < 4.78 is 15.7. The van der Waals surface area contributed by atoms with Crippen LogP contribution in [-0.4, -0.2) is 0 Å². The van der Waals surface area contributed by atoms with Crippen molar-refractivity contribution in [2.75, 3.05) is 0 Å². The Balaban J connectivity index is 2.33. The molecule has 0 aliphatic carbocycles. The minimum Gasteiger partial charge on any atom is -0.207 e. The molecular weight excluding hydrogens is 430 g/mol. The van der Waals surface area contributed by atoms with Gasteiger partial charge in [0.1, 0.15) is 5.82 Å². The molecule has 0 fully saturated rings. The summed E-state index contributed by atoms with van der Waals surface area (Å²) in [5.41, 5.74) is 2.45. The van der Waals surface area contributed by atoms with Crippen molar-refractivity contribution in [3.05, 3.63) is 66.8 Å². The molecule has 20 heavy (non-hydrogen) atoms. The number of hydrogen-bond acceptors (Lipinski definition) is 0. The second-order valence-electron chi connectivity index (χ2n) is 4.49. The van der Waals surface area contributed by atoms with Crippen LogP contribution >= 0.6 is 55.1 Å². The number of benzene rings is 2. The zero-order chi connectivity index (χ0) is 14.9. The van der Waals surface area contributed by atoms with Gasteiger partial charge in [0.05, 0.1) is 5.38 Å². The van der Waals surface area contributed by atoms with Gasteiger partial charge in [-0.1, -0.05) is 49.5 Å². The maximum Gasteiger partial charge on any atom is 0.127 e. The molecule has 5 heteroatoms. The predicted octanol–water partition coefficient (Wildman–Crippen LogP) is 6.84. The van der Waals surface area contributed by atoms with Gasteiger partial charge in [0, 0.05) is 19.5 Å². The van der Waals surface area contributed by atoms with E-state index in [9.17, 15) is 4.39 Å². The fourth-order valence-electron chi connectivity index (χ4n) is 1.92. The van der Waals surface area contributed by atoms with E-state index in [1.807, 2.05) is 19.1 Å². The van der Waals surface area contributed by atoms with Crippen molar-refractivity contribution in [3.63, 3.8) is 0 Å². The van der Waals surface area contributed by atoms with Crippen molar-refractivity contribution in [1.29, 1.82) is 0 Å². The third-order valence-electron chi connectivity index (χ3n) is 3.06. The van der Waals surface area contributed by atoms with Gasteiger partial charge in [0.25, 0.3) is 0 Å². The lowest BCUT2D eigenvalue weighted by atomic mass is 10.0. The molecule has 1 atom stereocenters. The highest BCUT2D eigenvalue weighted by Crippen LogP contribution is 2.36. The van der Waals surface area contributed by atoms with Crippen LogP contribution in [0, 0.1) is 12.7 Å². The molecule has 0 bridgehead atoms. The van der Waals surface area contributed by atoms with Crippen LogP contribution in [-0.2, 0) is 6.42 Å². The van der Waals surface area contributed by atoms with Crippen LogP contribution in [0.25, 0.3) is 0 Å². The van der Waals surface area contributed by atoms with Crippen LogP contribution in [0.3, 0.4) is 0 Å². The molecular formula is C15H11Br2Cl2F. The molecule has 2 aromatic carbocycles. The normalized spacial score (nSPS) is 12.5. The molecule has 106 valence electrons. The first-order valence-corrected chi connectivity index (χ1v) is 8.32. The van der Waals surface area contributed by atoms with E-state index in [2.05, 4.69) is 31.9 Å². The molecule has 0 spiro atoms. The van der Waals surface area contributed by atoms with E-state index in [1.165, 1.54) is 6.07 Å². The summed E-state index contributed by atoms with van der Waals surface area (Å²) in [6.45, 7) is 2.00. The monoisotopic (exact) mass is 438 g/mol. The lowest BCUT2D eigenvalue weighted by Gasteiger charge is -2.15. The van der Waals surface area contributed by atoms with Gasteiger partial charge in [0.15, 0.2) is 0 Å². The van der Waals surface area contributed by atoms with Crippen LogP contribution in [0.4, 0.5) is 4.39 Å². The number of hydrogen-bond donors (Lipinski definition) is 0. The number of alkyl halides is 1. The van der Waals surface area contributed by atoms with Crippen molar-refractivity contribution in [2.24, 2.45) is 0 Å². The third kappa shape index (κ3) is 3.56. The van der Waals surface area contributed by atoms with E-state index in [-0.39, 0.29) is 11.2 Å². The SMILES string of the molecule is Cc1cc(Br)c(C(Cl)Cc2c(F)cccc2Cl)cc1Br. The standard InChI is InChI=1S/C15H11Br2Cl2F/c1-8-5-12(17)9(6-11(8)16)14(19)7-10-13(18)3-2-4-15(10)20/h2-6,14H,7H2,1H3. The molecule has 0 saturated heterocycles. The summed E-state index contributed by atoms with van der Waals surface area (Å²) in [4.78, 5) is 0. The Bertz CT molecular complexity index is 624. The Labute approximate surface area is 144 Å². The Morgan fingerprint density at radius 2 is 1.90 bits per heavy atom. The highest BCUT2D eigenvalue weighted by Gasteiger charge is 2.17. The average Bonchev–Trinajstić information content (AvgIpc) is 2.38. The van der Waals surface area contributed by atoms with Gasteiger partial charge in [-0.15, -0.1) is 11.6 Å². The van der Waals surface area contributed by atoms with E-state index in [0.717, 1.165) is 20.1 Å². The number of aryl methyl sites for hydroxylation is 1. The topological polar surface area (TPSA) is 0 Å². The van der Waals surface area contributed by atoms with Crippen LogP contribution in [0.1, 0.15) is 22.1 Å². The minimum absolute atomic E-state index is 0.328. The summed E-state index contributed by atoms with van der Waals surface area (Å²) in [5.74, 6) is -0.328. The summed E-state index contributed by atoms with van der Waals surface area (Å²) in [7, 11) is 0. The van der Waals surface area contributed by atoms with Crippen molar-refractivity contribution in [1.82, 2.24) is 0 Å². The van der Waals surface area contributed by atoms with Crippen LogP contribution in [0.2, 0.25) is 5.02 Å². The van der Waals surface area contributed by atoms with Gasteiger partial charge >= 0.3 is 0 Å². The predicted molar refractivity (Wildman–Crippen MR) is 90.3 cm³/mol. The van der Waals surface area contributed by atoms with Gasteiger partial charge in [-0.25, -0.2) is 4.39 Å². The van der Waals surface area contributed by atoms with Crippen molar-refractivity contribution in [2.45, 2.75) is 18.7 Å². The molecule has 1 unspecified atom stereocenters. The largest absolute Gasteiger partial charge is 0.207 e. The Kier molecular flexibility index (Phi) is 5.52. The molecule has 0 radical (unpaired) electrons.